The van der Waals surface area contributed by atoms with E-state index in [1.54, 1.807) is 36.4 Å². The maximum atomic E-state index is 12.9. The van der Waals surface area contributed by atoms with Crippen LogP contribution in [0.4, 0.5) is 10.5 Å². The second-order valence-corrected chi connectivity index (χ2v) is 9.22. The minimum atomic E-state index is -0.541. The Kier molecular flexibility index (Phi) is 7.86. The maximum Gasteiger partial charge on any atom is 0.294 e. The van der Waals surface area contributed by atoms with E-state index in [9.17, 15) is 14.4 Å². The number of amides is 3. The van der Waals surface area contributed by atoms with Crippen molar-refractivity contribution in [2.24, 2.45) is 0 Å². The standard InChI is InChI=1S/C24H23BrN2O7S/c1-3-31-19-10-14(9-16(25)22(19)32-4-2)11-20-23(29)27(24(30)35-20)13-21(28)26-15-5-6-17-18(12-15)34-8-7-33-17/h5-6,9-12H,3-4,7-8,13H2,1-2H3,(H,26,28)/b20-11+. The second kappa shape index (κ2) is 11.0. The molecule has 0 saturated carbocycles. The van der Waals surface area contributed by atoms with Crippen LogP contribution in [-0.4, -0.2) is 54.9 Å². The van der Waals surface area contributed by atoms with E-state index in [0.717, 1.165) is 16.7 Å². The molecule has 0 bridgehead atoms. The van der Waals surface area contributed by atoms with Crippen LogP contribution in [0.5, 0.6) is 23.0 Å². The monoisotopic (exact) mass is 562 g/mol. The van der Waals surface area contributed by atoms with E-state index >= 15 is 0 Å². The van der Waals surface area contributed by atoms with Gasteiger partial charge in [-0.1, -0.05) is 0 Å². The molecule has 11 heteroatoms. The Bertz CT molecular complexity index is 1200. The quantitative estimate of drug-likeness (QED) is 0.462. The molecular formula is C24H23BrN2O7S. The highest BCUT2D eigenvalue weighted by atomic mass is 79.9. The number of thioether (sulfide) groups is 1. The molecule has 2 aliphatic rings. The summed E-state index contributed by atoms with van der Waals surface area (Å²) in [7, 11) is 0. The summed E-state index contributed by atoms with van der Waals surface area (Å²) in [4.78, 5) is 39.1. The van der Waals surface area contributed by atoms with Crippen LogP contribution in [0.3, 0.4) is 0 Å². The summed E-state index contributed by atoms with van der Waals surface area (Å²) in [5.41, 5.74) is 1.12. The minimum absolute atomic E-state index is 0.209. The van der Waals surface area contributed by atoms with Gasteiger partial charge >= 0.3 is 0 Å². The van der Waals surface area contributed by atoms with Crippen molar-refractivity contribution in [2.75, 3.05) is 38.3 Å². The zero-order valence-corrected chi connectivity index (χ0v) is 21.5. The fourth-order valence-corrected chi connectivity index (χ4v) is 4.88. The van der Waals surface area contributed by atoms with Crippen LogP contribution >= 0.6 is 27.7 Å². The van der Waals surface area contributed by atoms with Crippen LogP contribution in [0, 0.1) is 0 Å². The maximum absolute atomic E-state index is 12.9. The van der Waals surface area contributed by atoms with Crippen LogP contribution in [0.2, 0.25) is 0 Å². The molecule has 0 aromatic heterocycles. The van der Waals surface area contributed by atoms with Crippen LogP contribution in [0.1, 0.15) is 19.4 Å². The summed E-state index contributed by atoms with van der Waals surface area (Å²) in [5.74, 6) is 1.16. The van der Waals surface area contributed by atoms with Crippen molar-refractivity contribution in [2.45, 2.75) is 13.8 Å². The van der Waals surface area contributed by atoms with Gasteiger partial charge in [0, 0.05) is 11.8 Å². The van der Waals surface area contributed by atoms with Gasteiger partial charge in [0.2, 0.25) is 5.91 Å². The molecule has 0 radical (unpaired) electrons. The van der Waals surface area contributed by atoms with Gasteiger partial charge in [0.15, 0.2) is 23.0 Å². The van der Waals surface area contributed by atoms with Crippen LogP contribution in [-0.2, 0) is 9.59 Å². The van der Waals surface area contributed by atoms with Crippen molar-refractivity contribution in [1.29, 1.82) is 0 Å². The predicted octanol–water partition coefficient (Wildman–Crippen LogP) is 4.69. The fraction of sp³-hybridized carbons (Fsp3) is 0.292. The number of anilines is 1. The molecule has 1 fully saturated rings. The van der Waals surface area contributed by atoms with E-state index in [4.69, 9.17) is 18.9 Å². The number of rotatable bonds is 8. The third-order valence-corrected chi connectivity index (χ3v) is 6.42. The molecule has 2 aromatic rings. The van der Waals surface area contributed by atoms with Crippen molar-refractivity contribution in [3.8, 4) is 23.0 Å². The molecule has 2 heterocycles. The first-order valence-corrected chi connectivity index (χ1v) is 12.5. The third-order valence-electron chi connectivity index (χ3n) is 4.92. The van der Waals surface area contributed by atoms with E-state index in [1.165, 1.54) is 0 Å². The van der Waals surface area contributed by atoms with Crippen molar-refractivity contribution in [3.63, 3.8) is 0 Å². The Balaban J connectivity index is 1.46. The van der Waals surface area contributed by atoms with Gasteiger partial charge in [0.25, 0.3) is 11.1 Å². The van der Waals surface area contributed by atoms with Gasteiger partial charge in [0.1, 0.15) is 19.8 Å². The first-order chi connectivity index (χ1) is 16.9. The number of ether oxygens (including phenoxy) is 4. The lowest BCUT2D eigenvalue weighted by Crippen LogP contribution is -2.36. The van der Waals surface area contributed by atoms with Gasteiger partial charge in [-0.25, -0.2) is 0 Å². The molecule has 1 N–H and O–H groups in total. The van der Waals surface area contributed by atoms with Crippen molar-refractivity contribution in [3.05, 3.63) is 45.3 Å². The minimum Gasteiger partial charge on any atom is -0.490 e. The molecule has 4 rings (SSSR count). The van der Waals surface area contributed by atoms with E-state index in [-0.39, 0.29) is 4.91 Å². The number of benzene rings is 2. The summed E-state index contributed by atoms with van der Waals surface area (Å²) in [6.45, 7) is 5.11. The summed E-state index contributed by atoms with van der Waals surface area (Å²) in [6, 6.07) is 8.51. The normalized spacial score (nSPS) is 16.0. The zero-order chi connectivity index (χ0) is 24.9. The molecular weight excluding hydrogens is 540 g/mol. The third kappa shape index (κ3) is 5.73. The molecule has 1 saturated heterocycles. The second-order valence-electron chi connectivity index (χ2n) is 7.37. The number of hydrogen-bond donors (Lipinski definition) is 1. The molecule has 0 atom stereocenters. The predicted molar refractivity (Wildman–Crippen MR) is 135 cm³/mol. The van der Waals surface area contributed by atoms with E-state index in [0.29, 0.717) is 65.1 Å². The Morgan fingerprint density at radius 1 is 1.11 bits per heavy atom. The molecule has 0 spiro atoms. The average Bonchev–Trinajstić information content (AvgIpc) is 3.08. The number of nitrogens with one attached hydrogen (secondary N) is 1. The number of fused-ring (bicyclic) bond motifs is 1. The molecule has 2 aromatic carbocycles. The number of nitrogens with zero attached hydrogens (tertiary/aromatic N) is 1. The molecule has 3 amide bonds. The zero-order valence-electron chi connectivity index (χ0n) is 19.1. The highest BCUT2D eigenvalue weighted by Gasteiger charge is 2.36. The Labute approximate surface area is 214 Å². The Hall–Kier alpha value is -3.18. The van der Waals surface area contributed by atoms with Crippen LogP contribution in [0.25, 0.3) is 6.08 Å². The summed E-state index contributed by atoms with van der Waals surface area (Å²) in [6.07, 6.45) is 1.59. The lowest BCUT2D eigenvalue weighted by atomic mass is 10.2. The average molecular weight is 563 g/mol. The van der Waals surface area contributed by atoms with Gasteiger partial charge in [-0.05, 0) is 77.4 Å². The number of imide groups is 1. The van der Waals surface area contributed by atoms with Crippen LogP contribution in [0.15, 0.2) is 39.7 Å². The molecule has 35 heavy (non-hydrogen) atoms. The van der Waals surface area contributed by atoms with Crippen molar-refractivity contribution < 1.29 is 33.3 Å². The van der Waals surface area contributed by atoms with Crippen molar-refractivity contribution >= 4 is 56.5 Å². The fourth-order valence-electron chi connectivity index (χ4n) is 3.47. The smallest absolute Gasteiger partial charge is 0.294 e. The van der Waals surface area contributed by atoms with E-state index in [1.807, 2.05) is 13.8 Å². The molecule has 9 nitrogen and oxygen atoms in total. The molecule has 184 valence electrons. The Morgan fingerprint density at radius 3 is 2.60 bits per heavy atom. The first-order valence-electron chi connectivity index (χ1n) is 10.9. The lowest BCUT2D eigenvalue weighted by molar-refractivity contribution is -0.127. The van der Waals surface area contributed by atoms with Gasteiger partial charge < -0.3 is 24.3 Å². The molecule has 2 aliphatic heterocycles. The molecule has 0 unspecified atom stereocenters. The summed E-state index contributed by atoms with van der Waals surface area (Å²) >= 11 is 4.25. The summed E-state index contributed by atoms with van der Waals surface area (Å²) < 4.78 is 22.9. The number of carbonyl (C=O) groups is 3. The van der Waals surface area contributed by atoms with Gasteiger partial charge in [-0.2, -0.15) is 0 Å². The highest BCUT2D eigenvalue weighted by molar-refractivity contribution is 9.10. The summed E-state index contributed by atoms with van der Waals surface area (Å²) in [5, 5.41) is 2.17. The van der Waals surface area contributed by atoms with Gasteiger partial charge in [-0.15, -0.1) is 0 Å². The van der Waals surface area contributed by atoms with Gasteiger partial charge in [-0.3, -0.25) is 19.3 Å². The molecule has 0 aliphatic carbocycles. The number of carbonyl (C=O) groups excluding carboxylic acids is 3. The SMILES string of the molecule is CCOc1cc(/C=C2/SC(=O)N(CC(=O)Nc3ccc4c(c3)OCCO4)C2=O)cc(Br)c1OCC. The first kappa shape index (κ1) is 24.9. The van der Waals surface area contributed by atoms with Crippen LogP contribution < -0.4 is 24.3 Å². The highest BCUT2D eigenvalue weighted by Crippen LogP contribution is 2.39. The largest absolute Gasteiger partial charge is 0.490 e. The number of hydrogen-bond acceptors (Lipinski definition) is 8. The van der Waals surface area contributed by atoms with Gasteiger partial charge in [0.05, 0.1) is 22.6 Å². The lowest BCUT2D eigenvalue weighted by Gasteiger charge is -2.19. The van der Waals surface area contributed by atoms with Crippen molar-refractivity contribution in [1.82, 2.24) is 4.90 Å². The van der Waals surface area contributed by atoms with E-state index in [2.05, 4.69) is 21.2 Å². The topological polar surface area (TPSA) is 103 Å². The Morgan fingerprint density at radius 2 is 1.86 bits per heavy atom. The van der Waals surface area contributed by atoms with E-state index < -0.39 is 23.6 Å². The number of halogens is 1.